The maximum absolute atomic E-state index is 12.4. The third kappa shape index (κ3) is 12.4. The minimum Gasteiger partial charge on any atom is -0.497 e. The number of carbonyl (C=O) groups is 3. The van der Waals surface area contributed by atoms with Crippen molar-refractivity contribution in [2.24, 2.45) is 16.5 Å². The van der Waals surface area contributed by atoms with Crippen LogP contribution in [-0.4, -0.2) is 55.1 Å². The predicted molar refractivity (Wildman–Crippen MR) is 122 cm³/mol. The number of methoxy groups -OCH3 is 1. The van der Waals surface area contributed by atoms with Crippen molar-refractivity contribution in [1.29, 1.82) is 0 Å². The Morgan fingerprint density at radius 3 is 2.34 bits per heavy atom. The first-order valence-corrected chi connectivity index (χ1v) is 10.8. The van der Waals surface area contributed by atoms with Crippen LogP contribution in [0.3, 0.4) is 0 Å². The lowest BCUT2D eigenvalue weighted by Gasteiger charge is -2.17. The van der Waals surface area contributed by atoms with Crippen LogP contribution in [0.1, 0.15) is 50.5 Å². The number of carbonyl (C=O) groups excluding carboxylic acids is 2. The molecule has 0 fully saturated rings. The van der Waals surface area contributed by atoms with Crippen LogP contribution in [0, 0.1) is 0 Å². The highest BCUT2D eigenvalue weighted by molar-refractivity contribution is 5.90. The predicted octanol–water partition coefficient (Wildman–Crippen LogP) is 0.927. The number of benzene rings is 1. The molecule has 1 aromatic rings. The molecule has 0 aliphatic heterocycles. The molecule has 0 radical (unpaired) electrons. The molecule has 10 heteroatoms. The molecule has 0 spiro atoms. The van der Waals surface area contributed by atoms with Crippen molar-refractivity contribution in [2.75, 3.05) is 20.2 Å². The highest BCUT2D eigenvalue weighted by Crippen LogP contribution is 2.11. The van der Waals surface area contributed by atoms with Gasteiger partial charge in [0.15, 0.2) is 5.96 Å². The van der Waals surface area contributed by atoms with Gasteiger partial charge in [0.05, 0.1) is 13.5 Å². The quantitative estimate of drug-likeness (QED) is 0.142. The Morgan fingerprint density at radius 2 is 1.72 bits per heavy atom. The van der Waals surface area contributed by atoms with Crippen LogP contribution >= 0.6 is 0 Å². The van der Waals surface area contributed by atoms with Crippen molar-refractivity contribution in [3.8, 4) is 5.75 Å². The number of carboxylic acid groups (broad SMARTS) is 1. The number of rotatable bonds is 16. The highest BCUT2D eigenvalue weighted by Gasteiger charge is 2.23. The number of nitrogens with zero attached hydrogens (tertiary/aromatic N) is 1. The lowest BCUT2D eigenvalue weighted by atomic mass is 10.1. The van der Waals surface area contributed by atoms with Crippen LogP contribution in [0.15, 0.2) is 29.3 Å². The van der Waals surface area contributed by atoms with E-state index < -0.39 is 24.3 Å². The second kappa shape index (κ2) is 15.5. The normalized spacial score (nSPS) is 11.3. The summed E-state index contributed by atoms with van der Waals surface area (Å²) >= 11 is 0. The summed E-state index contributed by atoms with van der Waals surface area (Å²) in [7, 11) is 1.59. The molecule has 178 valence electrons. The second-order valence-electron chi connectivity index (χ2n) is 7.43. The molecular formula is C22H35N5O5. The molecule has 1 aromatic carbocycles. The number of unbranched alkanes of at least 4 members (excludes halogenated alkanes) is 4. The monoisotopic (exact) mass is 449 g/mol. The second-order valence-corrected chi connectivity index (χ2v) is 7.43. The van der Waals surface area contributed by atoms with Crippen molar-refractivity contribution in [2.45, 2.75) is 57.4 Å². The van der Waals surface area contributed by atoms with Gasteiger partial charge in [-0.05, 0) is 37.0 Å². The molecule has 0 aliphatic carbocycles. The summed E-state index contributed by atoms with van der Waals surface area (Å²) in [5.41, 5.74) is 11.5. The number of nitrogens with two attached hydrogens (primary N) is 2. The van der Waals surface area contributed by atoms with Gasteiger partial charge >= 0.3 is 5.97 Å². The van der Waals surface area contributed by atoms with Gasteiger partial charge in [-0.25, -0.2) is 0 Å². The fraction of sp³-hybridized carbons (Fsp3) is 0.545. The Labute approximate surface area is 188 Å². The van der Waals surface area contributed by atoms with Crippen LogP contribution in [0.25, 0.3) is 0 Å². The van der Waals surface area contributed by atoms with E-state index in [-0.39, 0.29) is 18.3 Å². The lowest BCUT2D eigenvalue weighted by molar-refractivity contribution is -0.140. The van der Waals surface area contributed by atoms with Gasteiger partial charge in [-0.1, -0.05) is 31.4 Å². The Bertz CT molecular complexity index is 748. The number of ether oxygens (including phenoxy) is 1. The molecule has 1 atom stereocenters. The summed E-state index contributed by atoms with van der Waals surface area (Å²) in [6, 6.07) is 6.34. The Morgan fingerprint density at radius 1 is 1.06 bits per heavy atom. The number of hydrogen-bond donors (Lipinski definition) is 5. The van der Waals surface area contributed by atoms with Crippen molar-refractivity contribution in [3.05, 3.63) is 29.8 Å². The van der Waals surface area contributed by atoms with Crippen LogP contribution in [0.5, 0.6) is 5.75 Å². The first kappa shape index (κ1) is 26.7. The average molecular weight is 450 g/mol. The van der Waals surface area contributed by atoms with Crippen LogP contribution in [-0.2, 0) is 20.8 Å². The minimum atomic E-state index is -1.15. The van der Waals surface area contributed by atoms with Gasteiger partial charge in [0, 0.05) is 19.5 Å². The van der Waals surface area contributed by atoms with Gasteiger partial charge in [-0.2, -0.15) is 0 Å². The Hall–Kier alpha value is -3.30. The Balaban J connectivity index is 2.33. The zero-order chi connectivity index (χ0) is 23.8. The third-order valence-electron chi connectivity index (χ3n) is 4.76. The maximum Gasteiger partial charge on any atom is 0.305 e. The summed E-state index contributed by atoms with van der Waals surface area (Å²) in [6.45, 7) is 0.921. The summed E-state index contributed by atoms with van der Waals surface area (Å²) < 4.78 is 5.10. The summed E-state index contributed by atoms with van der Waals surface area (Å²) in [5, 5.41) is 14.3. The summed E-state index contributed by atoms with van der Waals surface area (Å²) in [5.74, 6) is -1.16. The molecular weight excluding hydrogens is 414 g/mol. The summed E-state index contributed by atoms with van der Waals surface area (Å²) in [4.78, 5) is 39.6. The topological polar surface area (TPSA) is 169 Å². The molecule has 0 aromatic heterocycles. The molecule has 1 rings (SSSR count). The molecule has 0 unspecified atom stereocenters. The number of amides is 2. The molecule has 0 saturated carbocycles. The first-order chi connectivity index (χ1) is 15.3. The number of hydrogen-bond acceptors (Lipinski definition) is 5. The SMILES string of the molecule is COc1ccc(CCNC(=O)[C@H](CC(=O)O)NC(=O)CCCCCCCN=C(N)N)cc1. The number of guanidine groups is 1. The minimum absolute atomic E-state index is 0.0855. The molecule has 0 aliphatic rings. The van der Waals surface area contributed by atoms with Gasteiger partial charge in [-0.15, -0.1) is 0 Å². The van der Waals surface area contributed by atoms with E-state index in [2.05, 4.69) is 15.6 Å². The molecule has 32 heavy (non-hydrogen) atoms. The van der Waals surface area contributed by atoms with Crippen molar-refractivity contribution >= 4 is 23.7 Å². The van der Waals surface area contributed by atoms with E-state index in [1.807, 2.05) is 24.3 Å². The van der Waals surface area contributed by atoms with Crippen molar-refractivity contribution < 1.29 is 24.2 Å². The van der Waals surface area contributed by atoms with Crippen molar-refractivity contribution in [3.63, 3.8) is 0 Å². The molecule has 0 heterocycles. The van der Waals surface area contributed by atoms with E-state index in [1.165, 1.54) is 0 Å². The lowest BCUT2D eigenvalue weighted by Crippen LogP contribution is -2.48. The van der Waals surface area contributed by atoms with E-state index >= 15 is 0 Å². The van der Waals surface area contributed by atoms with E-state index in [0.717, 1.165) is 37.0 Å². The van der Waals surface area contributed by atoms with Crippen LogP contribution in [0.2, 0.25) is 0 Å². The van der Waals surface area contributed by atoms with Gasteiger partial charge < -0.3 is 31.9 Å². The van der Waals surface area contributed by atoms with E-state index in [0.29, 0.717) is 25.9 Å². The molecule has 10 nitrogen and oxygen atoms in total. The van der Waals surface area contributed by atoms with Gasteiger partial charge in [-0.3, -0.25) is 19.4 Å². The zero-order valence-corrected chi connectivity index (χ0v) is 18.6. The first-order valence-electron chi connectivity index (χ1n) is 10.8. The molecule has 0 saturated heterocycles. The van der Waals surface area contributed by atoms with Gasteiger partial charge in [0.25, 0.3) is 0 Å². The van der Waals surface area contributed by atoms with Gasteiger partial charge in [0.1, 0.15) is 11.8 Å². The smallest absolute Gasteiger partial charge is 0.305 e. The average Bonchev–Trinajstić information content (AvgIpc) is 2.75. The highest BCUT2D eigenvalue weighted by atomic mass is 16.5. The van der Waals surface area contributed by atoms with E-state index in [1.54, 1.807) is 7.11 Å². The number of aliphatic imine (C=N–C) groups is 1. The van der Waals surface area contributed by atoms with Crippen LogP contribution in [0.4, 0.5) is 0 Å². The molecule has 0 bridgehead atoms. The fourth-order valence-corrected chi connectivity index (χ4v) is 3.03. The number of carboxylic acids is 1. The fourth-order valence-electron chi connectivity index (χ4n) is 3.03. The molecule has 2 amide bonds. The summed E-state index contributed by atoms with van der Waals surface area (Å²) in [6.07, 6.45) is 4.64. The zero-order valence-electron chi connectivity index (χ0n) is 18.6. The third-order valence-corrected chi connectivity index (χ3v) is 4.76. The van der Waals surface area contributed by atoms with Crippen LogP contribution < -0.4 is 26.8 Å². The van der Waals surface area contributed by atoms with E-state index in [4.69, 9.17) is 21.3 Å². The Kier molecular flexibility index (Phi) is 12.9. The van der Waals surface area contributed by atoms with E-state index in [9.17, 15) is 14.4 Å². The number of nitrogens with one attached hydrogen (secondary N) is 2. The number of aliphatic carboxylic acids is 1. The van der Waals surface area contributed by atoms with Gasteiger partial charge in [0.2, 0.25) is 11.8 Å². The van der Waals surface area contributed by atoms with Crippen molar-refractivity contribution in [1.82, 2.24) is 10.6 Å². The molecule has 7 N–H and O–H groups in total. The maximum atomic E-state index is 12.4. The standard InChI is InChI=1S/C22H35N5O5/c1-32-17-10-8-16(9-11-17)12-14-25-21(31)18(15-20(29)30)27-19(28)7-5-3-2-4-6-13-26-22(23)24/h8-11,18H,2-7,12-15H2,1H3,(H,25,31)(H,27,28)(H,29,30)(H4,23,24,26)/t18-/m0/s1. The largest absolute Gasteiger partial charge is 0.497 e.